The molecule has 18 heavy (non-hydrogen) atoms. The van der Waals surface area contributed by atoms with Crippen molar-refractivity contribution in [2.45, 2.75) is 18.9 Å². The molecule has 1 heterocycles. The maximum Gasteiger partial charge on any atom is 0.253 e. The van der Waals surface area contributed by atoms with Crippen LogP contribution in [0.2, 0.25) is 0 Å². The van der Waals surface area contributed by atoms with Crippen LogP contribution in [0, 0.1) is 0 Å². The van der Waals surface area contributed by atoms with Gasteiger partial charge in [0.2, 0.25) is 6.08 Å². The first-order chi connectivity index (χ1) is 8.81. The van der Waals surface area contributed by atoms with Gasteiger partial charge in [0.1, 0.15) is 0 Å². The lowest BCUT2D eigenvalue weighted by molar-refractivity contribution is 0.0858. The Labute approximate surface area is 105 Å². The van der Waals surface area contributed by atoms with Crippen LogP contribution in [0.3, 0.4) is 0 Å². The second kappa shape index (κ2) is 6.10. The average Bonchev–Trinajstić information content (AvgIpc) is 2.90. The van der Waals surface area contributed by atoms with E-state index in [0.29, 0.717) is 17.8 Å². The number of carbonyl (C=O) groups is 1. The zero-order valence-corrected chi connectivity index (χ0v) is 9.89. The summed E-state index contributed by atoms with van der Waals surface area (Å²) in [5.41, 5.74) is 0.705. The number of hydrogen-bond donors (Lipinski definition) is 1. The molecule has 1 aromatic rings. The summed E-state index contributed by atoms with van der Waals surface area (Å²) in [5, 5.41) is 2.79. The van der Waals surface area contributed by atoms with Crippen LogP contribution in [-0.4, -0.2) is 31.2 Å². The fourth-order valence-electron chi connectivity index (χ4n) is 1.92. The topological polar surface area (TPSA) is 67.8 Å². The number of hydrogen-bond acceptors (Lipinski definition) is 4. The Balaban J connectivity index is 2.01. The quantitative estimate of drug-likeness (QED) is 0.647. The van der Waals surface area contributed by atoms with Crippen molar-refractivity contribution in [1.29, 1.82) is 0 Å². The Morgan fingerprint density at radius 3 is 3.06 bits per heavy atom. The summed E-state index contributed by atoms with van der Waals surface area (Å²) in [6.07, 6.45) is 3.54. The van der Waals surface area contributed by atoms with E-state index in [2.05, 4.69) is 10.3 Å². The number of rotatable bonds is 4. The van der Waals surface area contributed by atoms with Crippen LogP contribution in [-0.2, 0) is 9.53 Å². The highest BCUT2D eigenvalue weighted by atomic mass is 16.5. The van der Waals surface area contributed by atoms with Gasteiger partial charge in [0.25, 0.3) is 5.91 Å². The molecule has 1 aromatic carbocycles. The molecule has 5 nitrogen and oxygen atoms in total. The SMILES string of the molecule is O=C=Nc1ccccc1C(=O)NCC1CCCO1. The number of isocyanates is 1. The first kappa shape index (κ1) is 12.5. The number of ether oxygens (including phenoxy) is 1. The molecule has 1 saturated heterocycles. The zero-order valence-electron chi connectivity index (χ0n) is 9.89. The molecule has 1 N–H and O–H groups in total. The smallest absolute Gasteiger partial charge is 0.253 e. The van der Waals surface area contributed by atoms with Gasteiger partial charge in [-0.05, 0) is 25.0 Å². The minimum absolute atomic E-state index is 0.0932. The molecular weight excluding hydrogens is 232 g/mol. The summed E-state index contributed by atoms with van der Waals surface area (Å²) < 4.78 is 5.42. The number of nitrogens with one attached hydrogen (secondary N) is 1. The lowest BCUT2D eigenvalue weighted by atomic mass is 10.1. The van der Waals surface area contributed by atoms with Crippen molar-refractivity contribution in [1.82, 2.24) is 5.32 Å². The molecule has 0 saturated carbocycles. The molecule has 0 bridgehead atoms. The first-order valence-corrected chi connectivity index (χ1v) is 5.88. The van der Waals surface area contributed by atoms with Crippen molar-refractivity contribution in [3.8, 4) is 0 Å². The second-order valence-corrected chi connectivity index (χ2v) is 4.07. The first-order valence-electron chi connectivity index (χ1n) is 5.88. The van der Waals surface area contributed by atoms with Gasteiger partial charge in [-0.2, -0.15) is 4.99 Å². The van der Waals surface area contributed by atoms with E-state index in [1.807, 2.05) is 0 Å². The van der Waals surface area contributed by atoms with Gasteiger partial charge in [-0.15, -0.1) is 0 Å². The van der Waals surface area contributed by atoms with Gasteiger partial charge >= 0.3 is 0 Å². The summed E-state index contributed by atoms with van der Waals surface area (Å²) >= 11 is 0. The van der Waals surface area contributed by atoms with Crippen LogP contribution in [0.25, 0.3) is 0 Å². The zero-order chi connectivity index (χ0) is 12.8. The molecule has 2 rings (SSSR count). The van der Waals surface area contributed by atoms with Crippen molar-refractivity contribution >= 4 is 17.7 Å². The Kier molecular flexibility index (Phi) is 4.23. The third-order valence-electron chi connectivity index (χ3n) is 2.83. The lowest BCUT2D eigenvalue weighted by Gasteiger charge is -2.11. The Morgan fingerprint density at radius 2 is 2.33 bits per heavy atom. The van der Waals surface area contributed by atoms with Crippen LogP contribution >= 0.6 is 0 Å². The van der Waals surface area contributed by atoms with Crippen LogP contribution in [0.1, 0.15) is 23.2 Å². The lowest BCUT2D eigenvalue weighted by Crippen LogP contribution is -2.31. The summed E-state index contributed by atoms with van der Waals surface area (Å²) in [6.45, 7) is 1.24. The molecule has 0 spiro atoms. The van der Waals surface area contributed by atoms with Gasteiger partial charge in [-0.1, -0.05) is 12.1 Å². The predicted molar refractivity (Wildman–Crippen MR) is 65.5 cm³/mol. The van der Waals surface area contributed by atoms with Crippen LogP contribution < -0.4 is 5.32 Å². The second-order valence-electron chi connectivity index (χ2n) is 4.07. The monoisotopic (exact) mass is 246 g/mol. The number of aliphatic imine (C=N–C) groups is 1. The Morgan fingerprint density at radius 1 is 1.50 bits per heavy atom. The minimum Gasteiger partial charge on any atom is -0.376 e. The maximum atomic E-state index is 11.9. The van der Waals surface area contributed by atoms with E-state index in [4.69, 9.17) is 4.74 Å². The molecule has 1 unspecified atom stereocenters. The van der Waals surface area contributed by atoms with E-state index in [-0.39, 0.29) is 12.0 Å². The molecule has 0 radical (unpaired) electrons. The van der Waals surface area contributed by atoms with E-state index in [1.165, 1.54) is 6.08 Å². The van der Waals surface area contributed by atoms with Gasteiger partial charge in [0, 0.05) is 13.2 Å². The van der Waals surface area contributed by atoms with E-state index in [0.717, 1.165) is 19.4 Å². The summed E-state index contributed by atoms with van der Waals surface area (Å²) in [4.78, 5) is 25.7. The fraction of sp³-hybridized carbons (Fsp3) is 0.385. The highest BCUT2D eigenvalue weighted by molar-refractivity contribution is 5.99. The van der Waals surface area contributed by atoms with Crippen molar-refractivity contribution in [3.05, 3.63) is 29.8 Å². The number of nitrogens with zero attached hydrogens (tertiary/aromatic N) is 1. The van der Waals surface area contributed by atoms with E-state index >= 15 is 0 Å². The van der Waals surface area contributed by atoms with Crippen molar-refractivity contribution in [2.75, 3.05) is 13.2 Å². The maximum absolute atomic E-state index is 11.9. The molecule has 94 valence electrons. The number of carbonyl (C=O) groups excluding carboxylic acids is 2. The van der Waals surface area contributed by atoms with Crippen LogP contribution in [0.4, 0.5) is 5.69 Å². The highest BCUT2D eigenvalue weighted by Gasteiger charge is 2.17. The summed E-state index contributed by atoms with van der Waals surface area (Å²) in [7, 11) is 0. The predicted octanol–water partition coefficient (Wildman–Crippen LogP) is 1.56. The normalized spacial score (nSPS) is 18.1. The van der Waals surface area contributed by atoms with Crippen LogP contribution in [0.15, 0.2) is 29.3 Å². The third-order valence-corrected chi connectivity index (χ3v) is 2.83. The van der Waals surface area contributed by atoms with Gasteiger partial charge in [0.15, 0.2) is 0 Å². The summed E-state index contributed by atoms with van der Waals surface area (Å²) in [6, 6.07) is 6.67. The molecule has 1 fully saturated rings. The van der Waals surface area contributed by atoms with E-state index in [9.17, 15) is 9.59 Å². The third kappa shape index (κ3) is 3.03. The number of para-hydroxylation sites is 1. The molecule has 0 aromatic heterocycles. The highest BCUT2D eigenvalue weighted by Crippen LogP contribution is 2.18. The molecular formula is C13H14N2O3. The van der Waals surface area contributed by atoms with E-state index in [1.54, 1.807) is 24.3 Å². The van der Waals surface area contributed by atoms with E-state index < -0.39 is 0 Å². The van der Waals surface area contributed by atoms with Crippen molar-refractivity contribution < 1.29 is 14.3 Å². The average molecular weight is 246 g/mol. The van der Waals surface area contributed by atoms with Crippen molar-refractivity contribution in [3.63, 3.8) is 0 Å². The fourth-order valence-corrected chi connectivity index (χ4v) is 1.92. The number of benzene rings is 1. The molecule has 5 heteroatoms. The van der Waals surface area contributed by atoms with Gasteiger partial charge < -0.3 is 10.1 Å². The molecule has 0 aliphatic carbocycles. The minimum atomic E-state index is -0.250. The van der Waals surface area contributed by atoms with Gasteiger partial charge in [0.05, 0.1) is 17.4 Å². The molecule has 1 amide bonds. The van der Waals surface area contributed by atoms with Crippen molar-refractivity contribution in [2.24, 2.45) is 4.99 Å². The molecule has 1 aliphatic heterocycles. The summed E-state index contributed by atoms with van der Waals surface area (Å²) in [5.74, 6) is -0.250. The van der Waals surface area contributed by atoms with Crippen LogP contribution in [0.5, 0.6) is 0 Å². The standard InChI is InChI=1S/C13H14N2O3/c16-9-15-12-6-2-1-5-11(12)13(17)14-8-10-4-3-7-18-10/h1-2,5-6,10H,3-4,7-8H2,(H,14,17). The molecule has 1 atom stereocenters. The largest absolute Gasteiger partial charge is 0.376 e. The Hall–Kier alpha value is -1.97. The Bertz CT molecular complexity index is 475. The van der Waals surface area contributed by atoms with Gasteiger partial charge in [-0.3, -0.25) is 4.79 Å². The van der Waals surface area contributed by atoms with Gasteiger partial charge in [-0.25, -0.2) is 4.79 Å². The molecule has 1 aliphatic rings. The number of amides is 1.